The van der Waals surface area contributed by atoms with Gasteiger partial charge in [0.15, 0.2) is 0 Å². The molecule has 4 heterocycles. The molecular weight excluding hydrogens is 404 g/mol. The van der Waals surface area contributed by atoms with Crippen molar-refractivity contribution in [1.82, 2.24) is 24.4 Å². The second-order valence-corrected chi connectivity index (χ2v) is 8.55. The Morgan fingerprint density at radius 1 is 1.09 bits per heavy atom. The highest BCUT2D eigenvalue weighted by Gasteiger charge is 2.29. The van der Waals surface area contributed by atoms with Crippen molar-refractivity contribution >= 4 is 11.9 Å². The first kappa shape index (κ1) is 21.7. The molecule has 1 unspecified atom stereocenters. The number of hydrogen-bond donors (Lipinski definition) is 1. The number of aryl methyl sites for hydroxylation is 3. The quantitative estimate of drug-likeness (QED) is 0.682. The van der Waals surface area contributed by atoms with Gasteiger partial charge in [0.2, 0.25) is 5.95 Å². The Kier molecular flexibility index (Phi) is 5.78. The Balaban J connectivity index is 1.63. The van der Waals surface area contributed by atoms with Crippen LogP contribution in [0.5, 0.6) is 0 Å². The van der Waals surface area contributed by atoms with Gasteiger partial charge in [-0.3, -0.25) is 14.6 Å². The summed E-state index contributed by atoms with van der Waals surface area (Å²) in [6, 6.07) is 5.92. The van der Waals surface area contributed by atoms with E-state index >= 15 is 0 Å². The fraction of sp³-hybridized carbons (Fsp3) is 0.375. The van der Waals surface area contributed by atoms with Gasteiger partial charge >= 0.3 is 0 Å². The largest absolute Gasteiger partial charge is 0.368 e. The van der Waals surface area contributed by atoms with E-state index in [9.17, 15) is 9.59 Å². The average molecular weight is 433 g/mol. The molecule has 0 aliphatic carbocycles. The monoisotopic (exact) mass is 432 g/mol. The molecule has 0 aromatic carbocycles. The summed E-state index contributed by atoms with van der Waals surface area (Å²) in [4.78, 5) is 40.9. The zero-order valence-corrected chi connectivity index (χ0v) is 18.9. The van der Waals surface area contributed by atoms with E-state index in [-0.39, 0.29) is 28.9 Å². The molecule has 8 heteroatoms. The minimum absolute atomic E-state index is 0.0932. The summed E-state index contributed by atoms with van der Waals surface area (Å²) in [5.74, 6) is 0.127. The normalized spacial score (nSPS) is 16.2. The maximum atomic E-state index is 13.3. The van der Waals surface area contributed by atoms with Crippen LogP contribution in [0.2, 0.25) is 0 Å². The smallest absolute Gasteiger partial charge is 0.263 e. The lowest BCUT2D eigenvalue weighted by Crippen LogP contribution is -2.42. The van der Waals surface area contributed by atoms with E-state index in [0.717, 1.165) is 46.6 Å². The summed E-state index contributed by atoms with van der Waals surface area (Å²) in [5, 5.41) is 0. The molecule has 32 heavy (non-hydrogen) atoms. The van der Waals surface area contributed by atoms with Crippen LogP contribution in [0.4, 0.5) is 5.95 Å². The van der Waals surface area contributed by atoms with Crippen LogP contribution in [0, 0.1) is 20.8 Å². The van der Waals surface area contributed by atoms with E-state index in [4.69, 9.17) is 10.7 Å². The summed E-state index contributed by atoms with van der Waals surface area (Å²) in [6.45, 7) is 6.81. The van der Waals surface area contributed by atoms with E-state index in [1.54, 1.807) is 24.3 Å². The van der Waals surface area contributed by atoms with Gasteiger partial charge in [0.05, 0.1) is 0 Å². The molecule has 0 saturated carbocycles. The van der Waals surface area contributed by atoms with Gasteiger partial charge in [0.1, 0.15) is 5.56 Å². The number of carbonyl (C=O) groups is 1. The zero-order chi connectivity index (χ0) is 23.0. The highest BCUT2D eigenvalue weighted by molar-refractivity contribution is 5.95. The molecule has 1 aliphatic rings. The SMILES string of the molecule is Cc1cc(-c2cnc(N)nc2)cc(C2CCCN(C(=O)c3c(C)cc(C)n(C)c3=O)C2)n1. The second-order valence-electron chi connectivity index (χ2n) is 8.55. The number of nitrogens with two attached hydrogens (primary N) is 1. The molecule has 1 aliphatic heterocycles. The highest BCUT2D eigenvalue weighted by Crippen LogP contribution is 2.30. The van der Waals surface area contributed by atoms with Crippen molar-refractivity contribution in [3.63, 3.8) is 0 Å². The van der Waals surface area contributed by atoms with Crippen molar-refractivity contribution in [2.45, 2.75) is 39.5 Å². The maximum absolute atomic E-state index is 13.3. The molecule has 1 fully saturated rings. The maximum Gasteiger partial charge on any atom is 0.263 e. The van der Waals surface area contributed by atoms with Gasteiger partial charge < -0.3 is 15.2 Å². The van der Waals surface area contributed by atoms with Gasteiger partial charge in [-0.25, -0.2) is 9.97 Å². The number of piperidine rings is 1. The number of anilines is 1. The topological polar surface area (TPSA) is 107 Å². The highest BCUT2D eigenvalue weighted by atomic mass is 16.2. The number of likely N-dealkylation sites (tertiary alicyclic amines) is 1. The predicted molar refractivity (Wildman–Crippen MR) is 123 cm³/mol. The van der Waals surface area contributed by atoms with E-state index in [0.29, 0.717) is 13.1 Å². The third-order valence-corrected chi connectivity index (χ3v) is 6.19. The average Bonchev–Trinajstić information content (AvgIpc) is 2.77. The number of nitrogen functional groups attached to an aromatic ring is 1. The molecule has 1 saturated heterocycles. The van der Waals surface area contributed by atoms with Crippen LogP contribution in [0.1, 0.15) is 51.8 Å². The summed E-state index contributed by atoms with van der Waals surface area (Å²) in [6.07, 6.45) is 5.20. The fourth-order valence-electron chi connectivity index (χ4n) is 4.36. The molecule has 0 spiro atoms. The number of amides is 1. The van der Waals surface area contributed by atoms with E-state index in [1.807, 2.05) is 39.0 Å². The molecule has 3 aromatic rings. The predicted octanol–water partition coefficient (Wildman–Crippen LogP) is 2.76. The van der Waals surface area contributed by atoms with Gasteiger partial charge in [-0.15, -0.1) is 0 Å². The molecule has 4 rings (SSSR count). The van der Waals surface area contributed by atoms with Crippen molar-refractivity contribution in [1.29, 1.82) is 0 Å². The molecule has 0 bridgehead atoms. The number of hydrogen-bond acceptors (Lipinski definition) is 6. The lowest BCUT2D eigenvalue weighted by atomic mass is 9.92. The van der Waals surface area contributed by atoms with Crippen molar-refractivity contribution in [2.75, 3.05) is 18.8 Å². The first-order chi connectivity index (χ1) is 15.2. The fourth-order valence-corrected chi connectivity index (χ4v) is 4.36. The lowest BCUT2D eigenvalue weighted by molar-refractivity contribution is 0.0702. The van der Waals surface area contributed by atoms with Gasteiger partial charge in [-0.05, 0) is 62.9 Å². The second kappa shape index (κ2) is 8.53. The van der Waals surface area contributed by atoms with Crippen LogP contribution in [-0.2, 0) is 7.05 Å². The van der Waals surface area contributed by atoms with Gasteiger partial charge in [0, 0.05) is 61.1 Å². The lowest BCUT2D eigenvalue weighted by Gasteiger charge is -2.33. The van der Waals surface area contributed by atoms with E-state index in [1.165, 1.54) is 4.57 Å². The van der Waals surface area contributed by atoms with E-state index < -0.39 is 0 Å². The van der Waals surface area contributed by atoms with Crippen LogP contribution < -0.4 is 11.3 Å². The van der Waals surface area contributed by atoms with Crippen molar-refractivity contribution < 1.29 is 4.79 Å². The Bertz CT molecular complexity index is 1230. The minimum atomic E-state index is -0.242. The third kappa shape index (κ3) is 4.12. The Labute approximate surface area is 187 Å². The van der Waals surface area contributed by atoms with E-state index in [2.05, 4.69) is 9.97 Å². The first-order valence-corrected chi connectivity index (χ1v) is 10.8. The molecule has 0 radical (unpaired) electrons. The van der Waals surface area contributed by atoms with Crippen LogP contribution >= 0.6 is 0 Å². The molecule has 8 nitrogen and oxygen atoms in total. The molecule has 2 N–H and O–H groups in total. The molecule has 1 amide bonds. The Morgan fingerprint density at radius 2 is 1.81 bits per heavy atom. The standard InChI is InChI=1S/C24H28N6O2/c1-14-8-16(3)29(4)22(31)21(14)23(32)30-7-5-6-17(13-30)20-10-18(9-15(2)28-20)19-11-26-24(25)27-12-19/h8-12,17H,5-7,13H2,1-4H3,(H2,25,26,27). The van der Waals surface area contributed by atoms with Crippen LogP contribution in [0.3, 0.4) is 0 Å². The number of aromatic nitrogens is 4. The first-order valence-electron chi connectivity index (χ1n) is 10.8. The van der Waals surface area contributed by atoms with Crippen LogP contribution in [-0.4, -0.2) is 43.4 Å². The van der Waals surface area contributed by atoms with Crippen molar-refractivity contribution in [3.8, 4) is 11.1 Å². The molecular formula is C24H28N6O2. The minimum Gasteiger partial charge on any atom is -0.368 e. The van der Waals surface area contributed by atoms with Gasteiger partial charge in [-0.1, -0.05) is 0 Å². The number of rotatable bonds is 3. The van der Waals surface area contributed by atoms with Crippen molar-refractivity contribution in [3.05, 3.63) is 69.2 Å². The third-order valence-electron chi connectivity index (χ3n) is 6.19. The van der Waals surface area contributed by atoms with Crippen molar-refractivity contribution in [2.24, 2.45) is 7.05 Å². The van der Waals surface area contributed by atoms with Gasteiger partial charge in [0.25, 0.3) is 11.5 Å². The summed E-state index contributed by atoms with van der Waals surface area (Å²) in [5.41, 5.74) is 10.9. The summed E-state index contributed by atoms with van der Waals surface area (Å²) >= 11 is 0. The molecule has 3 aromatic heterocycles. The number of carbonyl (C=O) groups excluding carboxylic acids is 1. The Morgan fingerprint density at radius 3 is 2.53 bits per heavy atom. The summed E-state index contributed by atoms with van der Waals surface area (Å²) < 4.78 is 1.53. The van der Waals surface area contributed by atoms with Gasteiger partial charge in [-0.2, -0.15) is 0 Å². The van der Waals surface area contributed by atoms with Crippen LogP contribution in [0.15, 0.2) is 35.4 Å². The van der Waals surface area contributed by atoms with Crippen LogP contribution in [0.25, 0.3) is 11.1 Å². The summed E-state index contributed by atoms with van der Waals surface area (Å²) in [7, 11) is 1.70. The zero-order valence-electron chi connectivity index (χ0n) is 18.9. The Hall–Kier alpha value is -3.55. The number of pyridine rings is 2. The molecule has 166 valence electrons. The molecule has 1 atom stereocenters. The number of nitrogens with zero attached hydrogens (tertiary/aromatic N) is 5.